The molecule has 0 aliphatic heterocycles. The van der Waals surface area contributed by atoms with Crippen LogP contribution < -0.4 is 5.32 Å². The van der Waals surface area contributed by atoms with Crippen molar-refractivity contribution in [2.24, 2.45) is 5.92 Å². The summed E-state index contributed by atoms with van der Waals surface area (Å²) in [5, 5.41) is 2.85. The molecule has 1 fully saturated rings. The van der Waals surface area contributed by atoms with Crippen molar-refractivity contribution < 1.29 is 4.79 Å². The van der Waals surface area contributed by atoms with Crippen LogP contribution in [0.15, 0.2) is 22.8 Å². The van der Waals surface area contributed by atoms with Crippen LogP contribution in [0, 0.1) is 5.92 Å². The van der Waals surface area contributed by atoms with Gasteiger partial charge in [0.1, 0.15) is 5.69 Å². The fraction of sp³-hybridized carbons (Fsp3) is 0.455. The molecule has 1 saturated carbocycles. The van der Waals surface area contributed by atoms with E-state index in [9.17, 15) is 4.79 Å². The van der Waals surface area contributed by atoms with Gasteiger partial charge in [0.15, 0.2) is 0 Å². The molecular formula is C11H12BrClN2O. The van der Waals surface area contributed by atoms with E-state index >= 15 is 0 Å². The molecule has 1 N–H and O–H groups in total. The van der Waals surface area contributed by atoms with Crippen molar-refractivity contribution in [2.75, 3.05) is 6.54 Å². The van der Waals surface area contributed by atoms with Gasteiger partial charge in [-0.3, -0.25) is 4.79 Å². The normalized spacial score (nSPS) is 16.9. The van der Waals surface area contributed by atoms with Crippen molar-refractivity contribution in [1.82, 2.24) is 10.3 Å². The molecule has 1 aliphatic rings. The predicted octanol–water partition coefficient (Wildman–Crippen LogP) is 2.59. The van der Waals surface area contributed by atoms with Gasteiger partial charge in [0.05, 0.1) is 5.38 Å². The topological polar surface area (TPSA) is 42.0 Å². The smallest absolute Gasteiger partial charge is 0.269 e. The average Bonchev–Trinajstić information content (AvgIpc) is 3.10. The minimum Gasteiger partial charge on any atom is -0.349 e. The van der Waals surface area contributed by atoms with Gasteiger partial charge in [-0.25, -0.2) is 4.98 Å². The zero-order valence-corrected chi connectivity index (χ0v) is 11.0. The first-order valence-corrected chi connectivity index (χ1v) is 6.43. The molecule has 0 aromatic carbocycles. The first-order chi connectivity index (χ1) is 7.66. The lowest BCUT2D eigenvalue weighted by atomic mass is 10.2. The van der Waals surface area contributed by atoms with Gasteiger partial charge in [-0.1, -0.05) is 0 Å². The number of carbonyl (C=O) groups excluding carboxylic acids is 1. The Bertz CT molecular complexity index is 378. The molecule has 1 atom stereocenters. The van der Waals surface area contributed by atoms with E-state index < -0.39 is 0 Å². The molecule has 1 aliphatic carbocycles. The predicted molar refractivity (Wildman–Crippen MR) is 66.6 cm³/mol. The van der Waals surface area contributed by atoms with Crippen LogP contribution in [-0.4, -0.2) is 22.8 Å². The molecule has 16 heavy (non-hydrogen) atoms. The molecule has 1 aromatic heterocycles. The number of carbonyl (C=O) groups is 1. The average molecular weight is 304 g/mol. The SMILES string of the molecule is O=C(NCC(Cl)C1CC1)c1ccc(Br)cn1. The van der Waals surface area contributed by atoms with E-state index in [1.807, 2.05) is 0 Å². The van der Waals surface area contributed by atoms with Crippen molar-refractivity contribution in [3.05, 3.63) is 28.5 Å². The number of halogens is 2. The van der Waals surface area contributed by atoms with Crippen LogP contribution in [0.3, 0.4) is 0 Å². The second-order valence-electron chi connectivity index (χ2n) is 3.93. The monoisotopic (exact) mass is 302 g/mol. The maximum Gasteiger partial charge on any atom is 0.269 e. The summed E-state index contributed by atoms with van der Waals surface area (Å²) in [6, 6.07) is 3.47. The maximum absolute atomic E-state index is 11.7. The molecule has 2 rings (SSSR count). The third-order valence-corrected chi connectivity index (χ3v) is 3.53. The van der Waals surface area contributed by atoms with Gasteiger partial charge < -0.3 is 5.32 Å². The van der Waals surface area contributed by atoms with E-state index in [1.165, 1.54) is 12.8 Å². The van der Waals surface area contributed by atoms with Gasteiger partial charge in [0, 0.05) is 17.2 Å². The number of rotatable bonds is 4. The molecule has 0 bridgehead atoms. The Kier molecular flexibility index (Phi) is 3.82. The number of amides is 1. The molecule has 3 nitrogen and oxygen atoms in total. The second kappa shape index (κ2) is 5.15. The minimum atomic E-state index is -0.168. The molecule has 86 valence electrons. The van der Waals surface area contributed by atoms with Crippen molar-refractivity contribution in [3.8, 4) is 0 Å². The van der Waals surface area contributed by atoms with Crippen molar-refractivity contribution in [1.29, 1.82) is 0 Å². The van der Waals surface area contributed by atoms with Gasteiger partial charge >= 0.3 is 0 Å². The van der Waals surface area contributed by atoms with Gasteiger partial charge in [-0.15, -0.1) is 11.6 Å². The first kappa shape index (κ1) is 11.9. The van der Waals surface area contributed by atoms with E-state index in [0.717, 1.165) is 4.47 Å². The molecule has 1 amide bonds. The van der Waals surface area contributed by atoms with E-state index in [1.54, 1.807) is 18.3 Å². The fourth-order valence-corrected chi connectivity index (χ4v) is 1.98. The van der Waals surface area contributed by atoms with Gasteiger partial charge in [-0.2, -0.15) is 0 Å². The minimum absolute atomic E-state index is 0.0550. The lowest BCUT2D eigenvalue weighted by Crippen LogP contribution is -2.31. The maximum atomic E-state index is 11.7. The summed E-state index contributed by atoms with van der Waals surface area (Å²) in [5.41, 5.74) is 0.419. The summed E-state index contributed by atoms with van der Waals surface area (Å²) in [7, 11) is 0. The zero-order chi connectivity index (χ0) is 11.5. The number of hydrogen-bond donors (Lipinski definition) is 1. The highest BCUT2D eigenvalue weighted by molar-refractivity contribution is 9.10. The Labute approximate surface area is 108 Å². The largest absolute Gasteiger partial charge is 0.349 e. The molecule has 0 spiro atoms. The van der Waals surface area contributed by atoms with Crippen LogP contribution in [0.2, 0.25) is 0 Å². The Morgan fingerprint density at radius 2 is 2.38 bits per heavy atom. The highest BCUT2D eigenvalue weighted by atomic mass is 79.9. The molecule has 0 saturated heterocycles. The lowest BCUT2D eigenvalue weighted by Gasteiger charge is -2.09. The number of aromatic nitrogens is 1. The first-order valence-electron chi connectivity index (χ1n) is 5.20. The van der Waals surface area contributed by atoms with Crippen molar-refractivity contribution in [3.63, 3.8) is 0 Å². The van der Waals surface area contributed by atoms with E-state index in [2.05, 4.69) is 26.2 Å². The molecule has 1 heterocycles. The Hall–Kier alpha value is -0.610. The highest BCUT2D eigenvalue weighted by Crippen LogP contribution is 2.35. The van der Waals surface area contributed by atoms with Crippen LogP contribution in [0.5, 0.6) is 0 Å². The van der Waals surface area contributed by atoms with Crippen molar-refractivity contribution >= 4 is 33.4 Å². The molecule has 1 aromatic rings. The summed E-state index contributed by atoms with van der Waals surface area (Å²) in [4.78, 5) is 15.7. The lowest BCUT2D eigenvalue weighted by molar-refractivity contribution is 0.0948. The number of nitrogens with zero attached hydrogens (tertiary/aromatic N) is 1. The Morgan fingerprint density at radius 3 is 2.94 bits per heavy atom. The van der Waals surface area contributed by atoms with Crippen LogP contribution >= 0.6 is 27.5 Å². The molecule has 0 radical (unpaired) electrons. The molecule has 1 unspecified atom stereocenters. The number of pyridine rings is 1. The third kappa shape index (κ3) is 3.19. The summed E-state index contributed by atoms with van der Waals surface area (Å²) >= 11 is 9.36. The second-order valence-corrected chi connectivity index (χ2v) is 5.40. The fourth-order valence-electron chi connectivity index (χ4n) is 1.42. The summed E-state index contributed by atoms with van der Waals surface area (Å²) in [6.45, 7) is 0.517. The standard InChI is InChI=1S/C11H12BrClN2O/c12-8-3-4-10(14-5-8)11(16)15-6-9(13)7-1-2-7/h3-5,7,9H,1-2,6H2,(H,15,16). The zero-order valence-electron chi connectivity index (χ0n) is 8.62. The van der Waals surface area contributed by atoms with Crippen LogP contribution in [0.1, 0.15) is 23.3 Å². The Morgan fingerprint density at radius 1 is 1.62 bits per heavy atom. The quantitative estimate of drug-likeness (QED) is 0.869. The van der Waals surface area contributed by atoms with E-state index in [0.29, 0.717) is 18.2 Å². The highest BCUT2D eigenvalue weighted by Gasteiger charge is 2.29. The summed E-state index contributed by atoms with van der Waals surface area (Å²) in [5.74, 6) is 0.415. The van der Waals surface area contributed by atoms with Crippen LogP contribution in [0.4, 0.5) is 0 Å². The van der Waals surface area contributed by atoms with Gasteiger partial charge in [0.2, 0.25) is 0 Å². The number of hydrogen-bond acceptors (Lipinski definition) is 2. The number of alkyl halides is 1. The number of nitrogens with one attached hydrogen (secondary N) is 1. The van der Waals surface area contributed by atoms with E-state index in [4.69, 9.17) is 11.6 Å². The summed E-state index contributed by atoms with van der Waals surface area (Å²) < 4.78 is 0.859. The van der Waals surface area contributed by atoms with Crippen LogP contribution in [-0.2, 0) is 0 Å². The summed E-state index contributed by atoms with van der Waals surface area (Å²) in [6.07, 6.45) is 3.97. The van der Waals surface area contributed by atoms with Gasteiger partial charge in [-0.05, 0) is 46.8 Å². The van der Waals surface area contributed by atoms with Crippen LogP contribution in [0.25, 0.3) is 0 Å². The third-order valence-electron chi connectivity index (χ3n) is 2.55. The molecule has 5 heteroatoms. The van der Waals surface area contributed by atoms with Gasteiger partial charge in [0.25, 0.3) is 5.91 Å². The molecular weight excluding hydrogens is 291 g/mol. The van der Waals surface area contributed by atoms with E-state index in [-0.39, 0.29) is 11.3 Å². The Balaban J connectivity index is 1.85. The van der Waals surface area contributed by atoms with Crippen molar-refractivity contribution in [2.45, 2.75) is 18.2 Å².